The number of hydrogen-bond donors (Lipinski definition) is 0. The maximum absolute atomic E-state index is 11.9. The third-order valence-corrected chi connectivity index (χ3v) is 4.58. The van der Waals surface area contributed by atoms with Crippen molar-refractivity contribution in [2.45, 2.75) is 50.6 Å². The molecular formula is C13H22N2O. The first kappa shape index (κ1) is 10.7. The van der Waals surface area contributed by atoms with Gasteiger partial charge in [-0.05, 0) is 32.2 Å². The Balaban J connectivity index is 1.64. The number of ketones is 1. The topological polar surface area (TPSA) is 23.6 Å². The Kier molecular flexibility index (Phi) is 2.99. The Labute approximate surface area is 97.8 Å². The summed E-state index contributed by atoms with van der Waals surface area (Å²) in [6.45, 7) is 4.74. The first-order valence-electron chi connectivity index (χ1n) is 6.85. The van der Waals surface area contributed by atoms with Crippen LogP contribution in [0, 0.1) is 0 Å². The maximum atomic E-state index is 11.9. The smallest absolute Gasteiger partial charge is 0.149 e. The molecule has 0 aromatic rings. The van der Waals surface area contributed by atoms with E-state index in [9.17, 15) is 4.79 Å². The second kappa shape index (κ2) is 4.46. The number of carbonyl (C=O) groups is 1. The van der Waals surface area contributed by atoms with E-state index in [1.807, 2.05) is 0 Å². The van der Waals surface area contributed by atoms with E-state index in [-0.39, 0.29) is 6.04 Å². The molecule has 2 heterocycles. The van der Waals surface area contributed by atoms with E-state index in [1.54, 1.807) is 0 Å². The molecule has 0 bridgehead atoms. The van der Waals surface area contributed by atoms with E-state index in [0.29, 0.717) is 5.78 Å². The summed E-state index contributed by atoms with van der Waals surface area (Å²) in [6, 6.07) is 1.03. The van der Waals surface area contributed by atoms with Gasteiger partial charge >= 0.3 is 0 Å². The zero-order valence-corrected chi connectivity index (χ0v) is 10.0. The van der Waals surface area contributed by atoms with Gasteiger partial charge < -0.3 is 0 Å². The molecular weight excluding hydrogens is 200 g/mol. The average molecular weight is 222 g/mol. The molecule has 3 aliphatic rings. The summed E-state index contributed by atoms with van der Waals surface area (Å²) in [5.41, 5.74) is 0. The van der Waals surface area contributed by atoms with Gasteiger partial charge in [0.15, 0.2) is 0 Å². The minimum Gasteiger partial charge on any atom is -0.298 e. The summed E-state index contributed by atoms with van der Waals surface area (Å²) in [5, 5.41) is 0. The van der Waals surface area contributed by atoms with Gasteiger partial charge in [0.05, 0.1) is 6.04 Å². The van der Waals surface area contributed by atoms with Crippen LogP contribution < -0.4 is 0 Å². The van der Waals surface area contributed by atoms with E-state index < -0.39 is 0 Å². The molecule has 1 saturated carbocycles. The molecule has 3 rings (SSSR count). The molecule has 0 amide bonds. The highest BCUT2D eigenvalue weighted by molar-refractivity contribution is 5.84. The van der Waals surface area contributed by atoms with Crippen LogP contribution in [0.3, 0.4) is 0 Å². The van der Waals surface area contributed by atoms with E-state index in [0.717, 1.165) is 38.4 Å². The lowest BCUT2D eigenvalue weighted by Crippen LogP contribution is -2.55. The lowest BCUT2D eigenvalue weighted by molar-refractivity contribution is -0.127. The predicted molar refractivity (Wildman–Crippen MR) is 63.4 cm³/mol. The standard InChI is InChI=1S/C13H22N2O/c16-13-6-2-1-5-12(13)15-9-8-14-7-3-4-11(14)10-15/h11-12H,1-10H2. The van der Waals surface area contributed by atoms with Crippen LogP contribution in [0.4, 0.5) is 0 Å². The number of fused-ring (bicyclic) bond motifs is 1. The molecule has 3 heteroatoms. The Morgan fingerprint density at radius 2 is 1.81 bits per heavy atom. The molecule has 3 fully saturated rings. The van der Waals surface area contributed by atoms with Crippen molar-refractivity contribution in [1.29, 1.82) is 0 Å². The Bertz CT molecular complexity index is 279. The number of rotatable bonds is 1. The second-order valence-corrected chi connectivity index (χ2v) is 5.55. The largest absolute Gasteiger partial charge is 0.298 e. The van der Waals surface area contributed by atoms with Crippen LogP contribution in [0.1, 0.15) is 38.5 Å². The zero-order valence-electron chi connectivity index (χ0n) is 10.0. The normalized spacial score (nSPS) is 37.6. The van der Waals surface area contributed by atoms with Crippen LogP contribution in [-0.4, -0.2) is 53.8 Å². The summed E-state index contributed by atoms with van der Waals surface area (Å²) in [4.78, 5) is 17.0. The summed E-state index contributed by atoms with van der Waals surface area (Å²) >= 11 is 0. The Hall–Kier alpha value is -0.410. The van der Waals surface area contributed by atoms with Gasteiger partial charge in [-0.25, -0.2) is 0 Å². The molecule has 2 saturated heterocycles. The summed E-state index contributed by atoms with van der Waals surface area (Å²) < 4.78 is 0. The van der Waals surface area contributed by atoms with Gasteiger partial charge in [-0.3, -0.25) is 14.6 Å². The molecule has 1 aliphatic carbocycles. The van der Waals surface area contributed by atoms with Gasteiger partial charge in [-0.1, -0.05) is 6.42 Å². The van der Waals surface area contributed by atoms with Gasteiger partial charge in [0.25, 0.3) is 0 Å². The molecule has 90 valence electrons. The van der Waals surface area contributed by atoms with Crippen LogP contribution in [0.5, 0.6) is 0 Å². The van der Waals surface area contributed by atoms with Crippen molar-refractivity contribution in [2.24, 2.45) is 0 Å². The molecule has 2 atom stereocenters. The molecule has 2 unspecified atom stereocenters. The van der Waals surface area contributed by atoms with Crippen LogP contribution in [0.25, 0.3) is 0 Å². The van der Waals surface area contributed by atoms with Crippen molar-refractivity contribution in [3.63, 3.8) is 0 Å². The van der Waals surface area contributed by atoms with Crippen molar-refractivity contribution in [3.8, 4) is 0 Å². The maximum Gasteiger partial charge on any atom is 0.149 e. The van der Waals surface area contributed by atoms with Gasteiger partial charge in [0.1, 0.15) is 5.78 Å². The SMILES string of the molecule is O=C1CCCCC1N1CCN2CCCC2C1. The van der Waals surface area contributed by atoms with Crippen LogP contribution in [0.2, 0.25) is 0 Å². The molecule has 0 aromatic heterocycles. The fourth-order valence-electron chi connectivity index (χ4n) is 3.65. The fourth-order valence-corrected chi connectivity index (χ4v) is 3.65. The van der Waals surface area contributed by atoms with E-state index in [4.69, 9.17) is 0 Å². The van der Waals surface area contributed by atoms with Crippen LogP contribution in [0.15, 0.2) is 0 Å². The predicted octanol–water partition coefficient (Wildman–Crippen LogP) is 1.28. The molecule has 0 radical (unpaired) electrons. The zero-order chi connectivity index (χ0) is 11.0. The highest BCUT2D eigenvalue weighted by Crippen LogP contribution is 2.26. The minimum absolute atomic E-state index is 0.275. The lowest BCUT2D eigenvalue weighted by atomic mass is 9.92. The van der Waals surface area contributed by atoms with Gasteiger partial charge in [0.2, 0.25) is 0 Å². The number of Topliss-reactive ketones (excluding diaryl/α,β-unsaturated/α-hetero) is 1. The molecule has 16 heavy (non-hydrogen) atoms. The molecule has 0 N–H and O–H groups in total. The summed E-state index contributed by atoms with van der Waals surface area (Å²) in [6.07, 6.45) is 7.02. The van der Waals surface area contributed by atoms with Crippen LogP contribution in [-0.2, 0) is 4.79 Å². The van der Waals surface area contributed by atoms with Gasteiger partial charge in [-0.15, -0.1) is 0 Å². The third kappa shape index (κ3) is 1.91. The molecule has 0 aromatic carbocycles. The quantitative estimate of drug-likeness (QED) is 0.667. The Morgan fingerprint density at radius 1 is 0.938 bits per heavy atom. The summed E-state index contributed by atoms with van der Waals surface area (Å²) in [7, 11) is 0. The van der Waals surface area contributed by atoms with Gasteiger partial charge in [-0.2, -0.15) is 0 Å². The van der Waals surface area contributed by atoms with Crippen LogP contribution >= 0.6 is 0 Å². The van der Waals surface area contributed by atoms with Crippen molar-refractivity contribution in [2.75, 3.05) is 26.2 Å². The van der Waals surface area contributed by atoms with Gasteiger partial charge in [0, 0.05) is 32.1 Å². The first-order chi connectivity index (χ1) is 7.84. The van der Waals surface area contributed by atoms with Crippen molar-refractivity contribution < 1.29 is 4.79 Å². The lowest BCUT2D eigenvalue weighted by Gasteiger charge is -2.42. The van der Waals surface area contributed by atoms with Crippen molar-refractivity contribution in [1.82, 2.24) is 9.80 Å². The highest BCUT2D eigenvalue weighted by atomic mass is 16.1. The van der Waals surface area contributed by atoms with E-state index >= 15 is 0 Å². The number of nitrogens with zero attached hydrogens (tertiary/aromatic N) is 2. The fraction of sp³-hybridized carbons (Fsp3) is 0.923. The Morgan fingerprint density at radius 3 is 2.69 bits per heavy atom. The second-order valence-electron chi connectivity index (χ2n) is 5.55. The number of piperazine rings is 1. The van der Waals surface area contributed by atoms with E-state index in [2.05, 4.69) is 9.80 Å². The average Bonchev–Trinajstić information content (AvgIpc) is 2.76. The first-order valence-corrected chi connectivity index (χ1v) is 6.85. The monoisotopic (exact) mass is 222 g/mol. The van der Waals surface area contributed by atoms with E-state index in [1.165, 1.54) is 32.4 Å². The minimum atomic E-state index is 0.275. The van der Waals surface area contributed by atoms with Crippen molar-refractivity contribution in [3.05, 3.63) is 0 Å². The number of hydrogen-bond acceptors (Lipinski definition) is 3. The molecule has 0 spiro atoms. The molecule has 3 nitrogen and oxygen atoms in total. The third-order valence-electron chi connectivity index (χ3n) is 4.58. The highest BCUT2D eigenvalue weighted by Gasteiger charge is 2.36. The molecule has 2 aliphatic heterocycles. The van der Waals surface area contributed by atoms with Crippen molar-refractivity contribution >= 4 is 5.78 Å². The number of carbonyl (C=O) groups excluding carboxylic acids is 1. The summed E-state index contributed by atoms with van der Waals surface area (Å²) in [5.74, 6) is 0.512.